The number of aromatic nitrogens is 4. The lowest BCUT2D eigenvalue weighted by molar-refractivity contribution is -0.137. The van der Waals surface area contributed by atoms with Crippen LogP contribution in [-0.4, -0.2) is 39.4 Å². The lowest BCUT2D eigenvalue weighted by Gasteiger charge is -2.14. The molecule has 0 atom stereocenters. The second-order valence-corrected chi connectivity index (χ2v) is 6.61. The maximum atomic E-state index is 12.9. The molecule has 0 aromatic carbocycles. The average molecular weight is 428 g/mol. The van der Waals surface area contributed by atoms with Crippen LogP contribution in [0.25, 0.3) is 0 Å². The molecule has 0 aliphatic heterocycles. The van der Waals surface area contributed by atoms with E-state index in [-0.39, 0.29) is 11.8 Å². The molecule has 8 nitrogen and oxygen atoms in total. The molecular weight excluding hydrogens is 401 g/mol. The lowest BCUT2D eigenvalue weighted by atomic mass is 10.3. The quantitative estimate of drug-likeness (QED) is 0.625. The van der Waals surface area contributed by atoms with E-state index in [1.165, 1.54) is 19.3 Å². The molecule has 0 spiro atoms. The number of carbonyl (C=O) groups is 1. The summed E-state index contributed by atoms with van der Waals surface area (Å²) in [7, 11) is 0. The number of halogens is 3. The smallest absolute Gasteiger partial charge is 0.421 e. The molecule has 30 heavy (non-hydrogen) atoms. The molecule has 2 heterocycles. The van der Waals surface area contributed by atoms with Crippen LogP contribution in [0.3, 0.4) is 0 Å². The molecule has 2 aliphatic rings. The van der Waals surface area contributed by atoms with Crippen molar-refractivity contribution in [1.29, 1.82) is 0 Å². The number of ether oxygens (including phenoxy) is 1. The molecule has 2 saturated carbocycles. The van der Waals surface area contributed by atoms with E-state index < -0.39 is 11.7 Å². The van der Waals surface area contributed by atoms with Crippen molar-refractivity contribution in [2.45, 2.75) is 58.2 Å². The first kappa shape index (κ1) is 23.4. The molecule has 0 radical (unpaired) electrons. The van der Waals surface area contributed by atoms with Crippen LogP contribution in [0.5, 0.6) is 0 Å². The fraction of sp³-hybridized carbons (Fsp3) is 0.579. The summed E-state index contributed by atoms with van der Waals surface area (Å²) in [6.45, 7) is 4.70. The number of rotatable bonds is 7. The second kappa shape index (κ2) is 11.4. The van der Waals surface area contributed by atoms with Crippen LogP contribution >= 0.6 is 0 Å². The van der Waals surface area contributed by atoms with Crippen LogP contribution < -0.4 is 10.6 Å². The molecule has 0 amide bonds. The van der Waals surface area contributed by atoms with Crippen molar-refractivity contribution in [3.05, 3.63) is 24.0 Å². The number of nitrogens with one attached hydrogen (secondary N) is 2. The van der Waals surface area contributed by atoms with Crippen LogP contribution in [0.1, 0.15) is 57.6 Å². The van der Waals surface area contributed by atoms with Crippen molar-refractivity contribution in [3.63, 3.8) is 0 Å². The van der Waals surface area contributed by atoms with Crippen molar-refractivity contribution in [1.82, 2.24) is 19.7 Å². The maximum Gasteiger partial charge on any atom is 0.421 e. The van der Waals surface area contributed by atoms with Gasteiger partial charge in [-0.05, 0) is 26.7 Å². The van der Waals surface area contributed by atoms with Gasteiger partial charge in [0, 0.05) is 18.8 Å². The highest BCUT2D eigenvalue weighted by Gasteiger charge is 2.35. The third-order valence-corrected chi connectivity index (χ3v) is 3.83. The highest BCUT2D eigenvalue weighted by atomic mass is 19.4. The van der Waals surface area contributed by atoms with E-state index in [0.29, 0.717) is 31.5 Å². The van der Waals surface area contributed by atoms with E-state index in [1.807, 2.05) is 0 Å². The van der Waals surface area contributed by atoms with Gasteiger partial charge in [0.2, 0.25) is 5.95 Å². The van der Waals surface area contributed by atoms with Gasteiger partial charge in [-0.3, -0.25) is 4.79 Å². The molecule has 166 valence electrons. The van der Waals surface area contributed by atoms with Gasteiger partial charge in [0.25, 0.3) is 6.47 Å². The Morgan fingerprint density at radius 1 is 1.27 bits per heavy atom. The van der Waals surface area contributed by atoms with Gasteiger partial charge in [0.05, 0.1) is 18.8 Å². The molecular formula is C19H27F3N6O2. The summed E-state index contributed by atoms with van der Waals surface area (Å²) in [5.41, 5.74) is -0.879. The zero-order chi connectivity index (χ0) is 22.0. The SMILES string of the molecule is C1CC1.CCNc1nc(Nc2ccnn2C2CC2)ncc1C(F)(F)F.CCOC=O. The minimum Gasteiger partial charge on any atom is -0.468 e. The number of hydrogen-bond acceptors (Lipinski definition) is 7. The van der Waals surface area contributed by atoms with Gasteiger partial charge in [-0.15, -0.1) is 0 Å². The van der Waals surface area contributed by atoms with E-state index in [2.05, 4.69) is 30.4 Å². The lowest BCUT2D eigenvalue weighted by Crippen LogP contribution is -2.14. The van der Waals surface area contributed by atoms with Gasteiger partial charge in [-0.2, -0.15) is 23.3 Å². The van der Waals surface area contributed by atoms with E-state index in [9.17, 15) is 18.0 Å². The first-order valence-corrected chi connectivity index (χ1v) is 9.94. The monoisotopic (exact) mass is 428 g/mol. The van der Waals surface area contributed by atoms with Gasteiger partial charge < -0.3 is 15.4 Å². The average Bonchev–Trinajstić information content (AvgIpc) is 3.61. The Balaban J connectivity index is 0.000000338. The largest absolute Gasteiger partial charge is 0.468 e. The summed E-state index contributed by atoms with van der Waals surface area (Å²) in [4.78, 5) is 16.9. The second-order valence-electron chi connectivity index (χ2n) is 6.61. The van der Waals surface area contributed by atoms with Gasteiger partial charge in [0.1, 0.15) is 17.2 Å². The molecule has 0 unspecified atom stereocenters. The Bertz CT molecular complexity index is 788. The van der Waals surface area contributed by atoms with Crippen LogP contribution in [0.15, 0.2) is 18.5 Å². The van der Waals surface area contributed by atoms with Crippen LogP contribution in [-0.2, 0) is 15.7 Å². The van der Waals surface area contributed by atoms with Gasteiger partial charge >= 0.3 is 6.18 Å². The summed E-state index contributed by atoms with van der Waals surface area (Å²) in [6, 6.07) is 2.09. The van der Waals surface area contributed by atoms with Crippen LogP contribution in [0, 0.1) is 0 Å². The summed E-state index contributed by atoms with van der Waals surface area (Å²) in [5, 5.41) is 9.73. The number of carbonyl (C=O) groups excluding carboxylic acids is 1. The fourth-order valence-corrected chi connectivity index (χ4v) is 2.16. The van der Waals surface area contributed by atoms with Gasteiger partial charge in [0.15, 0.2) is 0 Å². The highest BCUT2D eigenvalue weighted by molar-refractivity contribution is 5.54. The first-order valence-electron chi connectivity index (χ1n) is 9.94. The summed E-state index contributed by atoms with van der Waals surface area (Å²) < 4.78 is 44.7. The Hall–Kier alpha value is -2.85. The number of alkyl halides is 3. The Morgan fingerprint density at radius 3 is 2.43 bits per heavy atom. The predicted octanol–water partition coefficient (Wildman–Crippen LogP) is 4.55. The minimum atomic E-state index is -4.49. The molecule has 2 N–H and O–H groups in total. The van der Waals surface area contributed by atoms with Gasteiger partial charge in [-0.1, -0.05) is 19.3 Å². The summed E-state index contributed by atoms with van der Waals surface area (Å²) >= 11 is 0. The third-order valence-electron chi connectivity index (χ3n) is 3.83. The van der Waals surface area contributed by atoms with E-state index in [4.69, 9.17) is 0 Å². The topological polar surface area (TPSA) is 94.0 Å². The standard InChI is InChI=1S/C13H15F3N6.C3H6O2.C3H6/c1-2-17-11-9(13(14,15)16)7-18-12(21-11)20-10-5-6-19-22(10)8-3-4-8;1-2-5-3-4;1-2-3-1/h5-8H,2-4H2,1H3,(H2,17,18,20,21);3H,2H2,1H3;1-3H2. The highest BCUT2D eigenvalue weighted by Crippen LogP contribution is 2.37. The summed E-state index contributed by atoms with van der Waals surface area (Å²) in [5.74, 6) is 0.543. The Morgan fingerprint density at radius 2 is 1.97 bits per heavy atom. The fourth-order valence-electron chi connectivity index (χ4n) is 2.16. The van der Waals surface area contributed by atoms with Crippen LogP contribution in [0.4, 0.5) is 30.8 Å². The molecule has 0 bridgehead atoms. The molecule has 11 heteroatoms. The van der Waals surface area contributed by atoms with Crippen LogP contribution in [0.2, 0.25) is 0 Å². The molecule has 4 rings (SSSR count). The van der Waals surface area contributed by atoms with E-state index >= 15 is 0 Å². The minimum absolute atomic E-state index is 0.103. The van der Waals surface area contributed by atoms with Crippen molar-refractivity contribution in [2.75, 3.05) is 23.8 Å². The summed E-state index contributed by atoms with van der Waals surface area (Å²) in [6.07, 6.45) is 4.52. The number of hydrogen-bond donors (Lipinski definition) is 2. The maximum absolute atomic E-state index is 12.9. The Kier molecular flexibility index (Phi) is 8.88. The Labute approximate surface area is 173 Å². The zero-order valence-electron chi connectivity index (χ0n) is 17.1. The van der Waals surface area contributed by atoms with E-state index in [0.717, 1.165) is 19.0 Å². The number of anilines is 3. The van der Waals surface area contributed by atoms with Crippen molar-refractivity contribution in [2.24, 2.45) is 0 Å². The first-order chi connectivity index (χ1) is 14.4. The van der Waals surface area contributed by atoms with Gasteiger partial charge in [-0.25, -0.2) is 9.67 Å². The number of nitrogens with zero attached hydrogens (tertiary/aromatic N) is 4. The van der Waals surface area contributed by atoms with E-state index in [1.54, 1.807) is 30.8 Å². The molecule has 2 aliphatic carbocycles. The van der Waals surface area contributed by atoms with Crippen molar-refractivity contribution in [3.8, 4) is 0 Å². The van der Waals surface area contributed by atoms with Crippen molar-refractivity contribution >= 4 is 24.1 Å². The normalized spacial score (nSPS) is 14.4. The van der Waals surface area contributed by atoms with Crippen molar-refractivity contribution < 1.29 is 22.7 Å². The zero-order valence-corrected chi connectivity index (χ0v) is 17.1. The molecule has 0 saturated heterocycles. The third kappa shape index (κ3) is 7.88. The molecule has 2 fully saturated rings. The predicted molar refractivity (Wildman–Crippen MR) is 107 cm³/mol. The molecule has 2 aromatic heterocycles. The molecule has 2 aromatic rings.